The van der Waals surface area contributed by atoms with Crippen molar-refractivity contribution in [1.82, 2.24) is 0 Å². The zero-order valence-electron chi connectivity index (χ0n) is 7.86. The lowest BCUT2D eigenvalue weighted by molar-refractivity contribution is 0.641. The van der Waals surface area contributed by atoms with Crippen molar-refractivity contribution in [2.24, 2.45) is 11.7 Å². The molecule has 0 aromatic heterocycles. The van der Waals surface area contributed by atoms with Crippen LogP contribution in [0.3, 0.4) is 0 Å². The molecule has 1 aliphatic carbocycles. The summed E-state index contributed by atoms with van der Waals surface area (Å²) in [6.07, 6.45) is 1.17. The van der Waals surface area contributed by atoms with Crippen LogP contribution in [0.15, 0.2) is 22.4 Å². The summed E-state index contributed by atoms with van der Waals surface area (Å²) >= 11 is 0. The zero-order chi connectivity index (χ0) is 8.59. The molecule has 1 heteroatoms. The molecule has 0 aromatic rings. The smallest absolute Gasteiger partial charge is 0.0427 e. The summed E-state index contributed by atoms with van der Waals surface area (Å²) in [4.78, 5) is 0. The molecular weight excluding hydrogens is 134 g/mol. The first kappa shape index (κ1) is 8.38. The lowest BCUT2D eigenvalue weighted by atomic mass is 10.0. The van der Waals surface area contributed by atoms with Gasteiger partial charge in [0.15, 0.2) is 0 Å². The van der Waals surface area contributed by atoms with E-state index in [1.165, 1.54) is 23.1 Å². The Hall–Kier alpha value is -0.720. The average Bonchev–Trinajstić information content (AvgIpc) is 2.39. The minimum Gasteiger partial charge on any atom is -0.398 e. The quantitative estimate of drug-likeness (QED) is 0.645. The van der Waals surface area contributed by atoms with Gasteiger partial charge in [-0.2, -0.15) is 0 Å². The van der Waals surface area contributed by atoms with Crippen molar-refractivity contribution in [2.75, 3.05) is 0 Å². The molecule has 1 rings (SSSR count). The Labute approximate surface area is 69.0 Å². The number of hydrogen-bond acceptors (Lipinski definition) is 1. The van der Waals surface area contributed by atoms with Crippen LogP contribution in [0, 0.1) is 5.92 Å². The topological polar surface area (TPSA) is 26.0 Å². The molecule has 0 aromatic carbocycles. The Balaban J connectivity index is 2.57. The number of nitrogens with two attached hydrogens (primary N) is 1. The number of hydrogen-bond donors (Lipinski definition) is 1. The highest BCUT2D eigenvalue weighted by atomic mass is 14.7. The van der Waals surface area contributed by atoms with Crippen LogP contribution in [-0.2, 0) is 0 Å². The molecule has 1 aliphatic rings. The first-order chi connectivity index (χ1) is 5.04. The van der Waals surface area contributed by atoms with Crippen molar-refractivity contribution >= 4 is 0 Å². The molecule has 2 N–H and O–H groups in total. The average molecular weight is 151 g/mol. The molecule has 11 heavy (non-hydrogen) atoms. The highest BCUT2D eigenvalue weighted by molar-refractivity contribution is 5.65. The van der Waals surface area contributed by atoms with E-state index in [1.54, 1.807) is 0 Å². The van der Waals surface area contributed by atoms with E-state index >= 15 is 0 Å². The summed E-state index contributed by atoms with van der Waals surface area (Å²) in [5.41, 5.74) is 10.8. The predicted octanol–water partition coefficient (Wildman–Crippen LogP) is 2.60. The highest BCUT2D eigenvalue weighted by Crippen LogP contribution is 2.37. The first-order valence-corrected chi connectivity index (χ1v) is 4.21. The molecular formula is C10H17N. The summed E-state index contributed by atoms with van der Waals surface area (Å²) in [7, 11) is 0. The largest absolute Gasteiger partial charge is 0.398 e. The van der Waals surface area contributed by atoms with Gasteiger partial charge in [0.2, 0.25) is 0 Å². The van der Waals surface area contributed by atoms with E-state index < -0.39 is 0 Å². The van der Waals surface area contributed by atoms with E-state index in [1.807, 2.05) is 0 Å². The molecule has 1 nitrogen and oxygen atoms in total. The van der Waals surface area contributed by atoms with E-state index in [2.05, 4.69) is 27.7 Å². The second-order valence-corrected chi connectivity index (χ2v) is 3.79. The molecule has 0 atom stereocenters. The maximum absolute atomic E-state index is 5.71. The third-order valence-corrected chi connectivity index (χ3v) is 2.13. The van der Waals surface area contributed by atoms with Crippen LogP contribution in [0.5, 0.6) is 0 Å². The Kier molecular flexibility index (Phi) is 2.08. The van der Waals surface area contributed by atoms with Gasteiger partial charge in [0.05, 0.1) is 0 Å². The third kappa shape index (κ3) is 1.65. The lowest BCUT2D eigenvalue weighted by Crippen LogP contribution is -1.90. The molecule has 0 saturated carbocycles. The van der Waals surface area contributed by atoms with E-state index in [4.69, 9.17) is 5.73 Å². The molecule has 0 unspecified atom stereocenters. The predicted molar refractivity (Wildman–Crippen MR) is 49.0 cm³/mol. The van der Waals surface area contributed by atoms with Gasteiger partial charge in [-0.1, -0.05) is 19.4 Å². The first-order valence-electron chi connectivity index (χ1n) is 4.21. The van der Waals surface area contributed by atoms with E-state index in [-0.39, 0.29) is 0 Å². The molecule has 0 spiro atoms. The molecule has 0 amide bonds. The van der Waals surface area contributed by atoms with Gasteiger partial charge in [-0.15, -0.1) is 0 Å². The second-order valence-electron chi connectivity index (χ2n) is 3.79. The van der Waals surface area contributed by atoms with Crippen LogP contribution in [0.1, 0.15) is 34.1 Å². The molecule has 0 heterocycles. The van der Waals surface area contributed by atoms with E-state index in [0.717, 1.165) is 11.6 Å². The zero-order valence-corrected chi connectivity index (χ0v) is 7.86. The fraction of sp³-hybridized carbons (Fsp3) is 0.600. The maximum atomic E-state index is 5.71. The Morgan fingerprint density at radius 2 is 1.91 bits per heavy atom. The van der Waals surface area contributed by atoms with Crippen molar-refractivity contribution in [3.63, 3.8) is 0 Å². The minimum absolute atomic E-state index is 0.740. The monoisotopic (exact) mass is 151 g/mol. The second kappa shape index (κ2) is 2.72. The summed E-state index contributed by atoms with van der Waals surface area (Å²) in [5.74, 6) is 0.740. The van der Waals surface area contributed by atoms with Gasteiger partial charge in [0.25, 0.3) is 0 Å². The Morgan fingerprint density at radius 3 is 2.18 bits per heavy atom. The van der Waals surface area contributed by atoms with Crippen molar-refractivity contribution in [3.8, 4) is 0 Å². The molecule has 0 fully saturated rings. The molecule has 62 valence electrons. The number of rotatable bonds is 2. The summed E-state index contributed by atoms with van der Waals surface area (Å²) in [6.45, 7) is 8.74. The fourth-order valence-corrected chi connectivity index (χ4v) is 1.56. The van der Waals surface area contributed by atoms with Gasteiger partial charge < -0.3 is 5.73 Å². The Bertz CT molecular complexity index is 217. The number of allylic oxidation sites excluding steroid dienone is 3. The minimum atomic E-state index is 0.740. The molecule has 0 bridgehead atoms. The molecule has 0 radical (unpaired) electrons. The van der Waals surface area contributed by atoms with Gasteiger partial charge >= 0.3 is 0 Å². The third-order valence-electron chi connectivity index (χ3n) is 2.13. The summed E-state index contributed by atoms with van der Waals surface area (Å²) in [6, 6.07) is 0. The van der Waals surface area contributed by atoms with Crippen molar-refractivity contribution in [3.05, 3.63) is 22.4 Å². The van der Waals surface area contributed by atoms with Crippen LogP contribution in [-0.4, -0.2) is 0 Å². The van der Waals surface area contributed by atoms with Crippen LogP contribution in [0.25, 0.3) is 0 Å². The van der Waals surface area contributed by atoms with Crippen molar-refractivity contribution < 1.29 is 0 Å². The summed E-state index contributed by atoms with van der Waals surface area (Å²) < 4.78 is 0. The van der Waals surface area contributed by atoms with Gasteiger partial charge in [-0.3, -0.25) is 0 Å². The van der Waals surface area contributed by atoms with E-state index in [0.29, 0.717) is 0 Å². The van der Waals surface area contributed by atoms with Gasteiger partial charge in [-0.05, 0) is 31.8 Å². The fourth-order valence-electron chi connectivity index (χ4n) is 1.56. The lowest BCUT2D eigenvalue weighted by Gasteiger charge is -2.03. The van der Waals surface area contributed by atoms with Crippen LogP contribution in [0.2, 0.25) is 0 Å². The summed E-state index contributed by atoms with van der Waals surface area (Å²) in [5, 5.41) is 0. The van der Waals surface area contributed by atoms with Gasteiger partial charge in [-0.25, -0.2) is 0 Å². The van der Waals surface area contributed by atoms with Crippen molar-refractivity contribution in [1.29, 1.82) is 0 Å². The SMILES string of the molecule is CC1=C(N)C/1=C(\C)CC(C)C. The van der Waals surface area contributed by atoms with Gasteiger partial charge in [0.1, 0.15) is 0 Å². The normalized spacial score (nSPS) is 21.2. The highest BCUT2D eigenvalue weighted by Gasteiger charge is 2.24. The molecule has 0 aliphatic heterocycles. The van der Waals surface area contributed by atoms with E-state index in [9.17, 15) is 0 Å². The van der Waals surface area contributed by atoms with Crippen LogP contribution < -0.4 is 5.73 Å². The maximum Gasteiger partial charge on any atom is 0.0427 e. The van der Waals surface area contributed by atoms with Crippen LogP contribution >= 0.6 is 0 Å². The van der Waals surface area contributed by atoms with Crippen LogP contribution in [0.4, 0.5) is 0 Å². The van der Waals surface area contributed by atoms with Gasteiger partial charge in [0, 0.05) is 11.3 Å². The Morgan fingerprint density at radius 1 is 1.45 bits per heavy atom. The van der Waals surface area contributed by atoms with Crippen molar-refractivity contribution in [2.45, 2.75) is 34.1 Å². The molecule has 0 saturated heterocycles. The standard InChI is InChI=1S/C10H17N/c1-6(2)5-7(3)9-8(4)10(9)11/h6H,5,11H2,1-4H3/b9-7+.